The third-order valence-electron chi connectivity index (χ3n) is 3.28. The number of carbonyl (C=O) groups is 2. The van der Waals surface area contributed by atoms with E-state index in [0.717, 1.165) is 11.1 Å². The van der Waals surface area contributed by atoms with Crippen molar-refractivity contribution in [3.8, 4) is 0 Å². The van der Waals surface area contributed by atoms with Crippen molar-refractivity contribution < 1.29 is 9.59 Å². The summed E-state index contributed by atoms with van der Waals surface area (Å²) in [4.78, 5) is 29.2. The second kappa shape index (κ2) is 8.29. The van der Waals surface area contributed by atoms with E-state index in [-0.39, 0.29) is 18.4 Å². The van der Waals surface area contributed by atoms with E-state index in [1.165, 1.54) is 11.8 Å². The van der Waals surface area contributed by atoms with Crippen molar-refractivity contribution in [2.24, 2.45) is 0 Å². The molecule has 0 fully saturated rings. The zero-order valence-corrected chi connectivity index (χ0v) is 13.6. The van der Waals surface area contributed by atoms with Gasteiger partial charge in [-0.25, -0.2) is 0 Å². The summed E-state index contributed by atoms with van der Waals surface area (Å²) >= 11 is 5.82. The summed E-state index contributed by atoms with van der Waals surface area (Å²) in [7, 11) is 0. The minimum atomic E-state index is -0.209. The van der Waals surface area contributed by atoms with E-state index in [0.29, 0.717) is 18.1 Å². The van der Waals surface area contributed by atoms with Gasteiger partial charge in [0.2, 0.25) is 11.8 Å². The van der Waals surface area contributed by atoms with E-state index in [2.05, 4.69) is 10.3 Å². The van der Waals surface area contributed by atoms with Gasteiger partial charge in [-0.1, -0.05) is 29.8 Å². The lowest BCUT2D eigenvalue weighted by Crippen LogP contribution is -2.39. The number of amides is 2. The van der Waals surface area contributed by atoms with Crippen LogP contribution in [0.3, 0.4) is 0 Å². The zero-order valence-electron chi connectivity index (χ0n) is 12.8. The van der Waals surface area contributed by atoms with E-state index in [1.54, 1.807) is 30.6 Å². The molecule has 0 saturated heterocycles. The monoisotopic (exact) mass is 331 g/mol. The van der Waals surface area contributed by atoms with Gasteiger partial charge in [-0.05, 0) is 29.3 Å². The number of aromatic nitrogens is 1. The first-order valence-electron chi connectivity index (χ1n) is 7.20. The number of carbonyl (C=O) groups excluding carboxylic acids is 2. The van der Waals surface area contributed by atoms with Crippen LogP contribution < -0.4 is 5.32 Å². The van der Waals surface area contributed by atoms with Gasteiger partial charge in [0.05, 0.1) is 6.54 Å². The molecule has 120 valence electrons. The molecule has 1 aromatic heterocycles. The van der Waals surface area contributed by atoms with Gasteiger partial charge in [-0.15, -0.1) is 0 Å². The summed E-state index contributed by atoms with van der Waals surface area (Å²) in [6.07, 6.45) is 3.35. The lowest BCUT2D eigenvalue weighted by Gasteiger charge is -2.20. The Morgan fingerprint density at radius 1 is 1.17 bits per heavy atom. The first kappa shape index (κ1) is 17.0. The summed E-state index contributed by atoms with van der Waals surface area (Å²) in [5, 5.41) is 3.45. The fourth-order valence-electron chi connectivity index (χ4n) is 2.02. The third-order valence-corrected chi connectivity index (χ3v) is 3.53. The topological polar surface area (TPSA) is 62.3 Å². The van der Waals surface area contributed by atoms with E-state index in [4.69, 9.17) is 11.6 Å². The molecule has 6 heteroatoms. The molecule has 0 aliphatic heterocycles. The van der Waals surface area contributed by atoms with Crippen molar-refractivity contribution >= 4 is 23.4 Å². The van der Waals surface area contributed by atoms with Gasteiger partial charge in [0.1, 0.15) is 0 Å². The van der Waals surface area contributed by atoms with Crippen molar-refractivity contribution in [1.29, 1.82) is 0 Å². The predicted octanol–water partition coefficient (Wildman–Crippen LogP) is 2.40. The Bertz CT molecular complexity index is 659. The molecule has 1 heterocycles. The van der Waals surface area contributed by atoms with Gasteiger partial charge in [-0.2, -0.15) is 0 Å². The number of benzene rings is 1. The molecular formula is C17H18ClN3O2. The molecule has 5 nitrogen and oxygen atoms in total. The Morgan fingerprint density at radius 2 is 1.91 bits per heavy atom. The van der Waals surface area contributed by atoms with Crippen LogP contribution in [0, 0.1) is 0 Å². The van der Waals surface area contributed by atoms with Gasteiger partial charge in [-0.3, -0.25) is 14.6 Å². The van der Waals surface area contributed by atoms with Crippen LogP contribution >= 0.6 is 11.6 Å². The predicted molar refractivity (Wildman–Crippen MR) is 88.6 cm³/mol. The fourth-order valence-corrected chi connectivity index (χ4v) is 2.15. The second-order valence-electron chi connectivity index (χ2n) is 5.14. The highest BCUT2D eigenvalue weighted by atomic mass is 35.5. The highest BCUT2D eigenvalue weighted by molar-refractivity contribution is 6.30. The SMILES string of the molecule is CC(=O)N(CC(=O)NCc1ccc(Cl)cc1)Cc1cccnc1. The molecule has 0 radical (unpaired) electrons. The molecule has 0 atom stereocenters. The Labute approximate surface area is 140 Å². The van der Waals surface area contributed by atoms with Crippen LogP contribution in [-0.4, -0.2) is 28.2 Å². The van der Waals surface area contributed by atoms with Crippen molar-refractivity contribution in [3.63, 3.8) is 0 Å². The van der Waals surface area contributed by atoms with Crippen LogP contribution in [0.25, 0.3) is 0 Å². The maximum Gasteiger partial charge on any atom is 0.239 e. The van der Waals surface area contributed by atoms with Crippen LogP contribution in [-0.2, 0) is 22.7 Å². The van der Waals surface area contributed by atoms with Crippen LogP contribution in [0.5, 0.6) is 0 Å². The molecule has 2 aromatic rings. The molecule has 1 aromatic carbocycles. The van der Waals surface area contributed by atoms with Gasteiger partial charge in [0.25, 0.3) is 0 Å². The maximum atomic E-state index is 12.0. The molecule has 2 amide bonds. The van der Waals surface area contributed by atoms with Gasteiger partial charge in [0, 0.05) is 37.4 Å². The molecule has 1 N–H and O–H groups in total. The number of hydrogen-bond donors (Lipinski definition) is 1. The normalized spacial score (nSPS) is 10.2. The number of nitrogens with zero attached hydrogens (tertiary/aromatic N) is 2. The zero-order chi connectivity index (χ0) is 16.7. The smallest absolute Gasteiger partial charge is 0.239 e. The second-order valence-corrected chi connectivity index (χ2v) is 5.58. The van der Waals surface area contributed by atoms with Gasteiger partial charge >= 0.3 is 0 Å². The Hall–Kier alpha value is -2.40. The highest BCUT2D eigenvalue weighted by Crippen LogP contribution is 2.09. The van der Waals surface area contributed by atoms with E-state index in [1.807, 2.05) is 18.2 Å². The largest absolute Gasteiger partial charge is 0.350 e. The molecule has 0 bridgehead atoms. The Balaban J connectivity index is 1.88. The molecule has 0 spiro atoms. The van der Waals surface area contributed by atoms with Crippen LogP contribution in [0.15, 0.2) is 48.8 Å². The van der Waals surface area contributed by atoms with Crippen molar-refractivity contribution in [1.82, 2.24) is 15.2 Å². The molecule has 0 unspecified atom stereocenters. The first-order valence-corrected chi connectivity index (χ1v) is 7.58. The minimum absolute atomic E-state index is 0.0117. The lowest BCUT2D eigenvalue weighted by atomic mass is 10.2. The average Bonchev–Trinajstić information content (AvgIpc) is 2.54. The summed E-state index contributed by atoms with van der Waals surface area (Å²) in [6, 6.07) is 10.9. The number of halogens is 1. The van der Waals surface area contributed by atoms with E-state index in [9.17, 15) is 9.59 Å². The lowest BCUT2D eigenvalue weighted by molar-refractivity contribution is -0.135. The molecular weight excluding hydrogens is 314 g/mol. The average molecular weight is 332 g/mol. The minimum Gasteiger partial charge on any atom is -0.350 e. The summed E-state index contributed by atoms with van der Waals surface area (Å²) in [5.41, 5.74) is 1.83. The van der Waals surface area contributed by atoms with Gasteiger partial charge in [0.15, 0.2) is 0 Å². The molecule has 2 rings (SSSR count). The van der Waals surface area contributed by atoms with Crippen LogP contribution in [0.4, 0.5) is 0 Å². The van der Waals surface area contributed by atoms with E-state index >= 15 is 0 Å². The van der Waals surface area contributed by atoms with Gasteiger partial charge < -0.3 is 10.2 Å². The highest BCUT2D eigenvalue weighted by Gasteiger charge is 2.14. The Kier molecular flexibility index (Phi) is 6.11. The number of pyridine rings is 1. The van der Waals surface area contributed by atoms with Crippen molar-refractivity contribution in [3.05, 3.63) is 64.9 Å². The van der Waals surface area contributed by atoms with Crippen LogP contribution in [0.1, 0.15) is 18.1 Å². The van der Waals surface area contributed by atoms with Crippen molar-refractivity contribution in [2.75, 3.05) is 6.54 Å². The number of hydrogen-bond acceptors (Lipinski definition) is 3. The first-order chi connectivity index (χ1) is 11.0. The molecule has 0 saturated carbocycles. The van der Waals surface area contributed by atoms with Crippen molar-refractivity contribution in [2.45, 2.75) is 20.0 Å². The fraction of sp³-hybridized carbons (Fsp3) is 0.235. The number of rotatable bonds is 6. The molecule has 0 aliphatic rings. The summed E-state index contributed by atoms with van der Waals surface area (Å²) in [5.74, 6) is -0.366. The molecule has 0 aliphatic carbocycles. The standard InChI is InChI=1S/C17H18ClN3O2/c1-13(22)21(11-15-3-2-8-19-9-15)12-17(23)20-10-14-4-6-16(18)7-5-14/h2-9H,10-12H2,1H3,(H,20,23). The van der Waals surface area contributed by atoms with E-state index < -0.39 is 0 Å². The van der Waals surface area contributed by atoms with Crippen LogP contribution in [0.2, 0.25) is 5.02 Å². The Morgan fingerprint density at radius 3 is 2.52 bits per heavy atom. The quantitative estimate of drug-likeness (QED) is 0.884. The summed E-state index contributed by atoms with van der Waals surface area (Å²) < 4.78 is 0. The maximum absolute atomic E-state index is 12.0. The summed E-state index contributed by atoms with van der Waals surface area (Å²) in [6.45, 7) is 2.22. The third kappa shape index (κ3) is 5.71. The number of nitrogens with one attached hydrogen (secondary N) is 1. The molecule has 23 heavy (non-hydrogen) atoms.